The molecule has 1 N–H and O–H groups in total. The first-order chi connectivity index (χ1) is 8.49. The normalized spacial score (nSPS) is 13.8. The summed E-state index contributed by atoms with van der Waals surface area (Å²) in [7, 11) is 2.90. The Labute approximate surface area is 115 Å². The summed E-state index contributed by atoms with van der Waals surface area (Å²) in [5.41, 5.74) is 0.700. The lowest BCUT2D eigenvalue weighted by molar-refractivity contribution is -0.142. The Kier molecular flexibility index (Phi) is 5.62. The predicted molar refractivity (Wildman–Crippen MR) is 71.5 cm³/mol. The summed E-state index contributed by atoms with van der Waals surface area (Å²) >= 11 is 3.38. The quantitative estimate of drug-likeness (QED) is 0.849. The van der Waals surface area contributed by atoms with Crippen molar-refractivity contribution < 1.29 is 19.4 Å². The Morgan fingerprint density at radius 2 is 2.11 bits per heavy atom. The number of methoxy groups -OCH3 is 2. The first kappa shape index (κ1) is 15.0. The van der Waals surface area contributed by atoms with E-state index in [1.54, 1.807) is 26.2 Å². The van der Waals surface area contributed by atoms with Gasteiger partial charge in [0.15, 0.2) is 0 Å². The maximum absolute atomic E-state index is 11.2. The minimum Gasteiger partial charge on any atom is -0.497 e. The molecule has 2 unspecified atom stereocenters. The molecule has 18 heavy (non-hydrogen) atoms. The van der Waals surface area contributed by atoms with Crippen LogP contribution in [0.25, 0.3) is 0 Å². The third-order valence-electron chi connectivity index (χ3n) is 2.78. The summed E-state index contributed by atoms with van der Waals surface area (Å²) in [6.45, 7) is 1.80. The van der Waals surface area contributed by atoms with Gasteiger partial charge in [0, 0.05) is 4.47 Å². The van der Waals surface area contributed by atoms with Gasteiger partial charge in [-0.3, -0.25) is 4.79 Å². The van der Waals surface area contributed by atoms with Crippen LogP contribution in [0.15, 0.2) is 22.7 Å². The lowest BCUT2D eigenvalue weighted by Gasteiger charge is -2.20. The summed E-state index contributed by atoms with van der Waals surface area (Å²) in [5, 5.41) is 10.2. The highest BCUT2D eigenvalue weighted by Gasteiger charge is 2.22. The predicted octanol–water partition coefficient (Wildman–Crippen LogP) is 2.69. The summed E-state index contributed by atoms with van der Waals surface area (Å²) in [5.74, 6) is 0.0962. The van der Waals surface area contributed by atoms with Crippen LogP contribution in [0.1, 0.15) is 25.0 Å². The minimum atomic E-state index is -0.756. The molecule has 4 nitrogen and oxygen atoms in total. The zero-order valence-corrected chi connectivity index (χ0v) is 12.2. The molecule has 1 aromatic rings. The van der Waals surface area contributed by atoms with Gasteiger partial charge < -0.3 is 14.6 Å². The van der Waals surface area contributed by atoms with Crippen LogP contribution in [0.3, 0.4) is 0 Å². The number of hydrogen-bond donors (Lipinski definition) is 1. The Bertz CT molecular complexity index is 419. The smallest absolute Gasteiger partial charge is 0.305 e. The first-order valence-corrected chi connectivity index (χ1v) is 6.37. The monoisotopic (exact) mass is 316 g/mol. The van der Waals surface area contributed by atoms with E-state index in [0.29, 0.717) is 11.3 Å². The van der Waals surface area contributed by atoms with E-state index in [1.807, 2.05) is 6.07 Å². The molecule has 1 aromatic carbocycles. The fourth-order valence-corrected chi connectivity index (χ4v) is 2.12. The van der Waals surface area contributed by atoms with Crippen molar-refractivity contribution in [2.75, 3.05) is 14.2 Å². The van der Waals surface area contributed by atoms with Crippen molar-refractivity contribution in [3.8, 4) is 5.75 Å². The van der Waals surface area contributed by atoms with Crippen LogP contribution in [0.2, 0.25) is 0 Å². The van der Waals surface area contributed by atoms with E-state index in [9.17, 15) is 9.90 Å². The van der Waals surface area contributed by atoms with Gasteiger partial charge in [-0.15, -0.1) is 0 Å². The Morgan fingerprint density at radius 1 is 1.44 bits per heavy atom. The fraction of sp³-hybridized carbons (Fsp3) is 0.462. The van der Waals surface area contributed by atoms with Crippen LogP contribution in [-0.4, -0.2) is 25.3 Å². The van der Waals surface area contributed by atoms with Gasteiger partial charge in [-0.05, 0) is 29.7 Å². The van der Waals surface area contributed by atoms with Crippen LogP contribution >= 0.6 is 15.9 Å². The third kappa shape index (κ3) is 3.71. The van der Waals surface area contributed by atoms with Crippen molar-refractivity contribution in [1.29, 1.82) is 0 Å². The van der Waals surface area contributed by atoms with Crippen molar-refractivity contribution in [1.82, 2.24) is 0 Å². The van der Waals surface area contributed by atoms with Crippen LogP contribution in [0.5, 0.6) is 5.75 Å². The largest absolute Gasteiger partial charge is 0.497 e. The molecule has 0 aliphatic heterocycles. The molecule has 0 aliphatic rings. The van der Waals surface area contributed by atoms with E-state index < -0.39 is 6.10 Å². The van der Waals surface area contributed by atoms with Crippen molar-refractivity contribution in [2.45, 2.75) is 19.4 Å². The first-order valence-electron chi connectivity index (χ1n) is 5.58. The lowest BCUT2D eigenvalue weighted by atomic mass is 9.94. The number of carbonyl (C=O) groups excluding carboxylic acids is 1. The van der Waals surface area contributed by atoms with Crippen LogP contribution in [0.4, 0.5) is 0 Å². The van der Waals surface area contributed by atoms with Gasteiger partial charge in [-0.1, -0.05) is 22.9 Å². The molecular weight excluding hydrogens is 300 g/mol. The second-order valence-electron chi connectivity index (χ2n) is 4.09. The van der Waals surface area contributed by atoms with Gasteiger partial charge in [-0.2, -0.15) is 0 Å². The number of ether oxygens (including phenoxy) is 2. The maximum atomic E-state index is 11.2. The average Bonchev–Trinajstić information content (AvgIpc) is 2.38. The SMILES string of the molecule is COC(=O)CC(C)C(O)c1cc(OC)ccc1Br. The van der Waals surface area contributed by atoms with Crippen molar-refractivity contribution in [3.05, 3.63) is 28.2 Å². The molecule has 2 atom stereocenters. The zero-order chi connectivity index (χ0) is 13.7. The molecule has 0 heterocycles. The number of carbonyl (C=O) groups is 1. The summed E-state index contributed by atoms with van der Waals surface area (Å²) in [6, 6.07) is 5.36. The highest BCUT2D eigenvalue weighted by molar-refractivity contribution is 9.10. The molecule has 100 valence electrons. The van der Waals surface area contributed by atoms with Gasteiger partial charge in [0.25, 0.3) is 0 Å². The molecule has 0 bridgehead atoms. The molecule has 0 spiro atoms. The topological polar surface area (TPSA) is 55.8 Å². The number of aliphatic hydroxyl groups is 1. The van der Waals surface area contributed by atoms with E-state index in [2.05, 4.69) is 20.7 Å². The standard InChI is InChI=1S/C13H17BrO4/c1-8(6-12(15)18-3)13(16)10-7-9(17-2)4-5-11(10)14/h4-5,7-8,13,16H,6H2,1-3H3. The maximum Gasteiger partial charge on any atom is 0.305 e. The number of esters is 1. The minimum absolute atomic E-state index is 0.168. The van der Waals surface area contributed by atoms with Crippen molar-refractivity contribution in [3.63, 3.8) is 0 Å². The fourth-order valence-electron chi connectivity index (χ4n) is 1.64. The van der Waals surface area contributed by atoms with Crippen molar-refractivity contribution in [2.24, 2.45) is 5.92 Å². The lowest BCUT2D eigenvalue weighted by Crippen LogP contribution is -2.15. The highest BCUT2D eigenvalue weighted by atomic mass is 79.9. The molecule has 1 rings (SSSR count). The van der Waals surface area contributed by atoms with Gasteiger partial charge in [0.05, 0.1) is 26.7 Å². The molecule has 0 amide bonds. The van der Waals surface area contributed by atoms with E-state index in [-0.39, 0.29) is 18.3 Å². The number of hydrogen-bond acceptors (Lipinski definition) is 4. The molecule has 5 heteroatoms. The summed E-state index contributed by atoms with van der Waals surface area (Å²) in [6.07, 6.45) is -0.588. The Morgan fingerprint density at radius 3 is 2.67 bits per heavy atom. The number of benzene rings is 1. The van der Waals surface area contributed by atoms with E-state index in [1.165, 1.54) is 7.11 Å². The van der Waals surface area contributed by atoms with Crippen molar-refractivity contribution >= 4 is 21.9 Å². The second kappa shape index (κ2) is 6.75. The third-order valence-corrected chi connectivity index (χ3v) is 3.50. The molecule has 0 fully saturated rings. The van der Waals surface area contributed by atoms with E-state index in [0.717, 1.165) is 4.47 Å². The summed E-state index contributed by atoms with van der Waals surface area (Å²) in [4.78, 5) is 11.2. The van der Waals surface area contributed by atoms with E-state index in [4.69, 9.17) is 4.74 Å². The Balaban J connectivity index is 2.88. The van der Waals surface area contributed by atoms with E-state index >= 15 is 0 Å². The molecule has 0 saturated carbocycles. The molecule has 0 aromatic heterocycles. The number of halogens is 1. The molecule has 0 aliphatic carbocycles. The van der Waals surface area contributed by atoms with Crippen LogP contribution < -0.4 is 4.74 Å². The molecule has 0 saturated heterocycles. The number of rotatable bonds is 5. The van der Waals surface area contributed by atoms with Gasteiger partial charge in [0.2, 0.25) is 0 Å². The highest BCUT2D eigenvalue weighted by Crippen LogP contribution is 2.32. The number of aliphatic hydroxyl groups excluding tert-OH is 1. The van der Waals surface area contributed by atoms with Crippen LogP contribution in [-0.2, 0) is 9.53 Å². The average molecular weight is 317 g/mol. The van der Waals surface area contributed by atoms with Gasteiger partial charge in [0.1, 0.15) is 5.75 Å². The second-order valence-corrected chi connectivity index (χ2v) is 4.94. The summed E-state index contributed by atoms with van der Waals surface area (Å²) < 4.78 is 10.5. The molecule has 0 radical (unpaired) electrons. The van der Waals surface area contributed by atoms with Crippen LogP contribution in [0, 0.1) is 5.92 Å². The Hall–Kier alpha value is -1.07. The van der Waals surface area contributed by atoms with Gasteiger partial charge in [-0.25, -0.2) is 0 Å². The van der Waals surface area contributed by atoms with Gasteiger partial charge >= 0.3 is 5.97 Å². The molecular formula is C13H17BrO4. The zero-order valence-electron chi connectivity index (χ0n) is 10.6.